The van der Waals surface area contributed by atoms with Crippen molar-refractivity contribution < 1.29 is 10.9 Å². The predicted octanol–water partition coefficient (Wildman–Crippen LogP) is 3.95. The maximum atomic E-state index is 12.6. The van der Waals surface area contributed by atoms with Crippen LogP contribution in [0.5, 0.6) is 0 Å². The Hall–Kier alpha value is -1.77. The number of rotatable bonds is 5. The molecule has 118 valence electrons. The van der Waals surface area contributed by atoms with Crippen LogP contribution in [0.2, 0.25) is 0 Å². The molecule has 0 atom stereocenters. The third-order valence-electron chi connectivity index (χ3n) is 2.93. The molecule has 0 radical (unpaired) electrons. The van der Waals surface area contributed by atoms with E-state index in [0.717, 1.165) is 7.14 Å². The molecule has 0 N–H and O–H groups in total. The molecule has 0 fully saturated rings. The number of halogens is 1. The van der Waals surface area contributed by atoms with Crippen LogP contribution in [0.1, 0.15) is 0 Å². The fraction of sp³-hybridized carbons (Fsp3) is 0. The van der Waals surface area contributed by atoms with Gasteiger partial charge in [0.1, 0.15) is 0 Å². The van der Waals surface area contributed by atoms with Crippen molar-refractivity contribution in [3.8, 4) is 0 Å². The first-order valence-electron chi connectivity index (χ1n) is 6.82. The SMILES string of the molecule is O=S(=O)(OI(c1ccccc1)c1ccccc1)c1cccnc1. The second-order valence-electron chi connectivity index (χ2n) is 4.55. The zero-order valence-corrected chi connectivity index (χ0v) is 15.0. The third-order valence-corrected chi connectivity index (χ3v) is 10.2. The molecule has 1 heterocycles. The van der Waals surface area contributed by atoms with Gasteiger partial charge in [-0.25, -0.2) is 0 Å². The molecule has 0 saturated carbocycles. The van der Waals surface area contributed by atoms with Crippen molar-refractivity contribution in [3.63, 3.8) is 0 Å². The van der Waals surface area contributed by atoms with Gasteiger partial charge in [-0.2, -0.15) is 0 Å². The van der Waals surface area contributed by atoms with Crippen LogP contribution in [0.25, 0.3) is 0 Å². The van der Waals surface area contributed by atoms with Gasteiger partial charge < -0.3 is 0 Å². The van der Waals surface area contributed by atoms with E-state index in [0.29, 0.717) is 0 Å². The van der Waals surface area contributed by atoms with Gasteiger partial charge in [-0.05, 0) is 0 Å². The van der Waals surface area contributed by atoms with Gasteiger partial charge in [0.15, 0.2) is 0 Å². The number of nitrogens with zero attached hydrogens (tertiary/aromatic N) is 1. The summed E-state index contributed by atoms with van der Waals surface area (Å²) in [4.78, 5) is 3.94. The van der Waals surface area contributed by atoms with E-state index in [9.17, 15) is 8.42 Å². The quantitative estimate of drug-likeness (QED) is 0.565. The maximum absolute atomic E-state index is 12.6. The van der Waals surface area contributed by atoms with Gasteiger partial charge in [0, 0.05) is 0 Å². The van der Waals surface area contributed by atoms with Crippen LogP contribution in [-0.2, 0) is 12.6 Å². The second-order valence-corrected chi connectivity index (χ2v) is 11.0. The number of hydrogen-bond donors (Lipinski definition) is 0. The molecule has 0 aliphatic rings. The average Bonchev–Trinajstić information content (AvgIpc) is 2.62. The number of aromatic nitrogens is 1. The molecule has 0 bridgehead atoms. The van der Waals surface area contributed by atoms with E-state index in [1.807, 2.05) is 60.7 Å². The summed E-state index contributed by atoms with van der Waals surface area (Å²) in [5.74, 6) is 0. The van der Waals surface area contributed by atoms with E-state index in [1.54, 1.807) is 6.07 Å². The standard InChI is InChI=1S/C17H14INO3S/c20-23(21,17-12-7-13-19-14-17)22-18(15-8-3-1-4-9-15)16-10-5-2-6-11-16/h1-14H. The number of pyridine rings is 1. The van der Waals surface area contributed by atoms with E-state index in [-0.39, 0.29) is 4.90 Å². The Morgan fingerprint density at radius 3 is 1.83 bits per heavy atom. The van der Waals surface area contributed by atoms with Crippen molar-refractivity contribution in [3.05, 3.63) is 92.3 Å². The number of hydrogen-bond acceptors (Lipinski definition) is 4. The molecule has 3 rings (SSSR count). The second kappa shape index (κ2) is 7.20. The van der Waals surface area contributed by atoms with E-state index in [2.05, 4.69) is 4.98 Å². The normalized spacial score (nSPS) is 11.9. The van der Waals surface area contributed by atoms with Crippen LogP contribution >= 0.6 is 20.2 Å². The molecule has 3 aromatic rings. The van der Waals surface area contributed by atoms with Gasteiger partial charge in [0.2, 0.25) is 0 Å². The molecular formula is C17H14INO3S. The Balaban J connectivity index is 2.00. The van der Waals surface area contributed by atoms with E-state index in [4.69, 9.17) is 2.51 Å². The van der Waals surface area contributed by atoms with Crippen molar-refractivity contribution >= 4 is 30.4 Å². The summed E-state index contributed by atoms with van der Waals surface area (Å²) < 4.78 is 32.7. The van der Waals surface area contributed by atoms with E-state index >= 15 is 0 Å². The van der Waals surface area contributed by atoms with Crippen LogP contribution in [-0.4, -0.2) is 13.4 Å². The van der Waals surface area contributed by atoms with Crippen molar-refractivity contribution in [2.45, 2.75) is 4.90 Å². The van der Waals surface area contributed by atoms with Crippen LogP contribution < -0.4 is 0 Å². The van der Waals surface area contributed by atoms with Crippen molar-refractivity contribution in [2.24, 2.45) is 0 Å². The molecule has 0 aliphatic heterocycles. The van der Waals surface area contributed by atoms with Gasteiger partial charge in [-0.15, -0.1) is 0 Å². The fourth-order valence-corrected chi connectivity index (χ4v) is 8.84. The average molecular weight is 439 g/mol. The number of benzene rings is 2. The summed E-state index contributed by atoms with van der Waals surface area (Å²) in [6, 6.07) is 22.1. The summed E-state index contributed by atoms with van der Waals surface area (Å²) in [5.41, 5.74) is 0. The monoisotopic (exact) mass is 439 g/mol. The molecule has 0 unspecified atom stereocenters. The molecule has 23 heavy (non-hydrogen) atoms. The van der Waals surface area contributed by atoms with E-state index in [1.165, 1.54) is 18.5 Å². The summed E-state index contributed by atoms with van der Waals surface area (Å²) in [7, 11) is -3.85. The predicted molar refractivity (Wildman–Crippen MR) is 96.8 cm³/mol. The molecular weight excluding hydrogens is 425 g/mol. The molecule has 0 aliphatic carbocycles. The molecule has 1 aromatic heterocycles. The Labute approximate surface area is 143 Å². The zero-order chi connectivity index (χ0) is 16.1. The molecule has 0 spiro atoms. The summed E-state index contributed by atoms with van der Waals surface area (Å²) in [5, 5.41) is 0. The zero-order valence-electron chi connectivity index (χ0n) is 12.0. The molecule has 0 saturated heterocycles. The van der Waals surface area contributed by atoms with E-state index < -0.39 is 30.4 Å². The molecule has 6 heteroatoms. The first kappa shape index (κ1) is 16.1. The third kappa shape index (κ3) is 3.95. The van der Waals surface area contributed by atoms with Crippen LogP contribution in [0.15, 0.2) is 90.1 Å². The van der Waals surface area contributed by atoms with Gasteiger partial charge in [-0.1, -0.05) is 0 Å². The minimum atomic E-state index is -3.85. The Kier molecular flexibility index (Phi) is 5.04. The van der Waals surface area contributed by atoms with Gasteiger partial charge in [-0.3, -0.25) is 0 Å². The van der Waals surface area contributed by atoms with Gasteiger partial charge >= 0.3 is 143 Å². The van der Waals surface area contributed by atoms with Crippen LogP contribution in [0.4, 0.5) is 0 Å². The van der Waals surface area contributed by atoms with Crippen LogP contribution in [0, 0.1) is 7.14 Å². The summed E-state index contributed by atoms with van der Waals surface area (Å²) in [6.07, 6.45) is 2.84. The van der Waals surface area contributed by atoms with Crippen molar-refractivity contribution in [2.75, 3.05) is 0 Å². The molecule has 0 amide bonds. The minimum absolute atomic E-state index is 0.0779. The van der Waals surface area contributed by atoms with Crippen LogP contribution in [0.3, 0.4) is 0 Å². The topological polar surface area (TPSA) is 56.3 Å². The Morgan fingerprint density at radius 2 is 1.35 bits per heavy atom. The molecule has 2 aromatic carbocycles. The molecule has 4 nitrogen and oxygen atoms in total. The Morgan fingerprint density at radius 1 is 0.783 bits per heavy atom. The Bertz CT molecular complexity index is 817. The van der Waals surface area contributed by atoms with Gasteiger partial charge in [0.25, 0.3) is 0 Å². The first-order chi connectivity index (χ1) is 11.2. The summed E-state index contributed by atoms with van der Waals surface area (Å²) in [6.45, 7) is 0. The van der Waals surface area contributed by atoms with Gasteiger partial charge in [0.05, 0.1) is 0 Å². The van der Waals surface area contributed by atoms with Crippen molar-refractivity contribution in [1.82, 2.24) is 4.98 Å². The first-order valence-corrected chi connectivity index (χ1v) is 11.3. The van der Waals surface area contributed by atoms with Crippen molar-refractivity contribution in [1.29, 1.82) is 0 Å². The summed E-state index contributed by atoms with van der Waals surface area (Å²) >= 11 is -2.57. The fourth-order valence-electron chi connectivity index (χ4n) is 1.87.